The maximum Gasteiger partial charge on any atom is 0.0922 e. The smallest absolute Gasteiger partial charge is 0.0922 e. The molecule has 0 spiro atoms. The highest BCUT2D eigenvalue weighted by molar-refractivity contribution is 8.03. The van der Waals surface area contributed by atoms with Crippen molar-refractivity contribution in [2.75, 3.05) is 0 Å². The first kappa shape index (κ1) is 15.2. The molecule has 0 unspecified atom stereocenters. The summed E-state index contributed by atoms with van der Waals surface area (Å²) in [4.78, 5) is 2.63. The summed E-state index contributed by atoms with van der Waals surface area (Å²) in [7, 11) is 0. The predicted octanol–water partition coefficient (Wildman–Crippen LogP) is 6.24. The lowest BCUT2D eigenvalue weighted by Gasteiger charge is -2.09. The first-order valence-corrected chi connectivity index (χ1v) is 8.48. The van der Waals surface area contributed by atoms with Gasteiger partial charge in [0.1, 0.15) is 0 Å². The Bertz CT molecular complexity index is 448. The molecule has 1 N–H and O–H groups in total. The Balaban J connectivity index is 2.04. The molecule has 0 saturated heterocycles. The summed E-state index contributed by atoms with van der Waals surface area (Å²) in [5, 5.41) is 9.88. The van der Waals surface area contributed by atoms with E-state index in [1.165, 1.54) is 41.9 Å². The molecule has 1 nitrogen and oxygen atoms in total. The summed E-state index contributed by atoms with van der Waals surface area (Å²) >= 11 is 1.82. The van der Waals surface area contributed by atoms with E-state index in [0.29, 0.717) is 5.76 Å². The van der Waals surface area contributed by atoms with Crippen LogP contribution in [0.2, 0.25) is 0 Å². The molecular formula is C18H24OS. The van der Waals surface area contributed by atoms with Crippen LogP contribution < -0.4 is 0 Å². The number of hydrogen-bond acceptors (Lipinski definition) is 2. The molecule has 0 aromatic heterocycles. The second-order valence-electron chi connectivity index (χ2n) is 5.33. The molecule has 1 aliphatic rings. The van der Waals surface area contributed by atoms with E-state index in [9.17, 15) is 5.11 Å². The molecule has 2 heteroatoms. The molecule has 108 valence electrons. The summed E-state index contributed by atoms with van der Waals surface area (Å²) < 4.78 is 0. The number of rotatable bonds is 2. The van der Waals surface area contributed by atoms with Crippen molar-refractivity contribution in [3.63, 3.8) is 0 Å². The van der Waals surface area contributed by atoms with Crippen molar-refractivity contribution in [3.8, 4) is 0 Å². The molecule has 0 bridgehead atoms. The van der Waals surface area contributed by atoms with Gasteiger partial charge in [0.05, 0.1) is 5.76 Å². The molecule has 0 atom stereocenters. The van der Waals surface area contributed by atoms with Gasteiger partial charge in [-0.05, 0) is 48.5 Å². The molecule has 20 heavy (non-hydrogen) atoms. The van der Waals surface area contributed by atoms with Crippen LogP contribution in [-0.4, -0.2) is 5.11 Å². The van der Waals surface area contributed by atoms with Crippen LogP contribution in [0.25, 0.3) is 0 Å². The largest absolute Gasteiger partial charge is 0.512 e. The van der Waals surface area contributed by atoms with Crippen LogP contribution in [0.3, 0.4) is 0 Å². The minimum atomic E-state index is 0.525. The summed E-state index contributed by atoms with van der Waals surface area (Å²) in [5.74, 6) is 0.525. The number of thioether (sulfide) groups is 1. The number of hydrogen-bond donors (Lipinski definition) is 1. The summed E-state index contributed by atoms with van der Waals surface area (Å²) in [6, 6.07) is 10.5. The quantitative estimate of drug-likeness (QED) is 0.695. The SMILES string of the molecule is OC1=CC=C(Sc2ccccc2)CCCCCCCC1. The molecule has 0 aliphatic heterocycles. The third kappa shape index (κ3) is 5.87. The number of benzene rings is 1. The number of allylic oxidation sites excluding steroid dienone is 4. The van der Waals surface area contributed by atoms with Crippen LogP contribution in [-0.2, 0) is 0 Å². The highest BCUT2D eigenvalue weighted by atomic mass is 32.2. The Morgan fingerprint density at radius 3 is 2.15 bits per heavy atom. The van der Waals surface area contributed by atoms with Gasteiger partial charge in [0.15, 0.2) is 0 Å². The number of aliphatic hydroxyl groups excluding tert-OH is 1. The summed E-state index contributed by atoms with van der Waals surface area (Å²) in [6.07, 6.45) is 13.5. The van der Waals surface area contributed by atoms with Crippen LogP contribution in [0, 0.1) is 0 Å². The molecule has 2 rings (SSSR count). The summed E-state index contributed by atoms with van der Waals surface area (Å²) in [5.41, 5.74) is 0. The molecule has 1 aromatic carbocycles. The van der Waals surface area contributed by atoms with E-state index in [-0.39, 0.29) is 0 Å². The maximum absolute atomic E-state index is 9.88. The Kier molecular flexibility index (Phi) is 6.79. The second kappa shape index (κ2) is 8.91. The fourth-order valence-corrected chi connectivity index (χ4v) is 3.37. The van der Waals surface area contributed by atoms with Crippen LogP contribution in [0.15, 0.2) is 58.0 Å². The van der Waals surface area contributed by atoms with Gasteiger partial charge in [-0.1, -0.05) is 55.6 Å². The van der Waals surface area contributed by atoms with Crippen LogP contribution in [0.1, 0.15) is 51.4 Å². The van der Waals surface area contributed by atoms with Crippen molar-refractivity contribution in [2.24, 2.45) is 0 Å². The van der Waals surface area contributed by atoms with E-state index in [4.69, 9.17) is 0 Å². The topological polar surface area (TPSA) is 20.2 Å². The van der Waals surface area contributed by atoms with Crippen molar-refractivity contribution in [2.45, 2.75) is 56.3 Å². The fourth-order valence-electron chi connectivity index (χ4n) is 2.39. The van der Waals surface area contributed by atoms with Crippen molar-refractivity contribution >= 4 is 11.8 Å². The maximum atomic E-state index is 9.88. The highest BCUT2D eigenvalue weighted by Gasteiger charge is 2.03. The number of aliphatic hydroxyl groups is 1. The van der Waals surface area contributed by atoms with Gasteiger partial charge in [0.25, 0.3) is 0 Å². The molecule has 0 radical (unpaired) electrons. The van der Waals surface area contributed by atoms with E-state index >= 15 is 0 Å². The first-order chi connectivity index (χ1) is 9.84. The molecule has 0 heterocycles. The Hall–Kier alpha value is -1.15. The minimum absolute atomic E-state index is 0.525. The zero-order valence-corrected chi connectivity index (χ0v) is 12.9. The first-order valence-electron chi connectivity index (χ1n) is 7.66. The lowest BCUT2D eigenvalue weighted by Crippen LogP contribution is -1.87. The average molecular weight is 288 g/mol. The van der Waals surface area contributed by atoms with E-state index in [1.54, 1.807) is 0 Å². The van der Waals surface area contributed by atoms with Gasteiger partial charge in [-0.15, -0.1) is 0 Å². The van der Waals surface area contributed by atoms with Crippen LogP contribution in [0.4, 0.5) is 0 Å². The van der Waals surface area contributed by atoms with Gasteiger partial charge in [0, 0.05) is 11.3 Å². The van der Waals surface area contributed by atoms with Gasteiger partial charge < -0.3 is 5.11 Å². The van der Waals surface area contributed by atoms with Crippen LogP contribution in [0.5, 0.6) is 0 Å². The lowest BCUT2D eigenvalue weighted by atomic mass is 10.1. The third-order valence-corrected chi connectivity index (χ3v) is 4.67. The van der Waals surface area contributed by atoms with Crippen molar-refractivity contribution in [1.82, 2.24) is 0 Å². The van der Waals surface area contributed by atoms with Crippen molar-refractivity contribution in [1.29, 1.82) is 0 Å². The van der Waals surface area contributed by atoms with E-state index in [0.717, 1.165) is 19.3 Å². The van der Waals surface area contributed by atoms with Gasteiger partial charge in [-0.2, -0.15) is 0 Å². The van der Waals surface area contributed by atoms with Gasteiger partial charge >= 0.3 is 0 Å². The monoisotopic (exact) mass is 288 g/mol. The van der Waals surface area contributed by atoms with Gasteiger partial charge in [-0.25, -0.2) is 0 Å². The van der Waals surface area contributed by atoms with Crippen molar-refractivity contribution < 1.29 is 5.11 Å². The average Bonchev–Trinajstić information content (AvgIpc) is 2.46. The minimum Gasteiger partial charge on any atom is -0.512 e. The van der Waals surface area contributed by atoms with Gasteiger partial charge in [-0.3, -0.25) is 0 Å². The summed E-state index contributed by atoms with van der Waals surface area (Å²) in [6.45, 7) is 0. The normalized spacial score (nSPS) is 18.4. The predicted molar refractivity (Wildman–Crippen MR) is 88.0 cm³/mol. The zero-order chi connectivity index (χ0) is 14.0. The molecule has 0 amide bonds. The van der Waals surface area contributed by atoms with E-state index < -0.39 is 0 Å². The Labute approximate surface area is 126 Å². The van der Waals surface area contributed by atoms with Crippen LogP contribution >= 0.6 is 11.8 Å². The molecular weight excluding hydrogens is 264 g/mol. The van der Waals surface area contributed by atoms with E-state index in [2.05, 4.69) is 30.3 Å². The molecule has 0 fully saturated rings. The van der Waals surface area contributed by atoms with Gasteiger partial charge in [0.2, 0.25) is 0 Å². The second-order valence-corrected chi connectivity index (χ2v) is 6.53. The molecule has 1 aliphatic carbocycles. The molecule has 0 saturated carbocycles. The molecule has 1 aromatic rings. The Morgan fingerprint density at radius 1 is 0.750 bits per heavy atom. The van der Waals surface area contributed by atoms with Crippen molar-refractivity contribution in [3.05, 3.63) is 53.1 Å². The standard InChI is InChI=1S/C18H24OS/c19-16-10-6-3-1-2-4-7-13-18(15-14-16)20-17-11-8-5-9-12-17/h5,8-9,11-12,14-15,19H,1-4,6-7,10,13H2. The van der Waals surface area contributed by atoms with E-state index in [1.807, 2.05) is 23.9 Å². The Morgan fingerprint density at radius 2 is 1.40 bits per heavy atom. The lowest BCUT2D eigenvalue weighted by molar-refractivity contribution is 0.380. The zero-order valence-electron chi connectivity index (χ0n) is 12.1. The third-order valence-electron chi connectivity index (χ3n) is 3.56. The highest BCUT2D eigenvalue weighted by Crippen LogP contribution is 2.30. The fraction of sp³-hybridized carbons (Fsp3) is 0.444.